The number of fused-ring (bicyclic) bond motifs is 1. The molecule has 0 aliphatic carbocycles. The van der Waals surface area contributed by atoms with Gasteiger partial charge in [0.15, 0.2) is 16.6 Å². The Balaban J connectivity index is 1.97. The molecule has 3 aromatic rings. The summed E-state index contributed by atoms with van der Waals surface area (Å²) in [6.45, 7) is 0. The molecule has 8 nitrogen and oxygen atoms in total. The van der Waals surface area contributed by atoms with Crippen molar-refractivity contribution in [2.45, 2.75) is 0 Å². The van der Waals surface area contributed by atoms with E-state index in [2.05, 4.69) is 10.3 Å². The number of hydrogen-bond donors (Lipinski definition) is 1. The average molecular weight is 404 g/mol. The van der Waals surface area contributed by atoms with Crippen molar-refractivity contribution in [2.24, 2.45) is 0 Å². The molecule has 1 aromatic heterocycles. The number of amides is 1. The van der Waals surface area contributed by atoms with E-state index in [4.69, 9.17) is 23.7 Å². The second-order valence-corrected chi connectivity index (χ2v) is 6.53. The van der Waals surface area contributed by atoms with E-state index in [1.54, 1.807) is 38.5 Å². The topological polar surface area (TPSA) is 88.1 Å². The van der Waals surface area contributed by atoms with Gasteiger partial charge in [-0.1, -0.05) is 11.3 Å². The normalized spacial score (nSPS) is 10.5. The number of methoxy groups -OCH3 is 5. The first-order chi connectivity index (χ1) is 13.6. The summed E-state index contributed by atoms with van der Waals surface area (Å²) >= 11 is 1.29. The first kappa shape index (κ1) is 19.6. The third-order valence-electron chi connectivity index (χ3n) is 4.06. The Morgan fingerprint density at radius 1 is 0.857 bits per heavy atom. The monoisotopic (exact) mass is 404 g/mol. The maximum Gasteiger partial charge on any atom is 0.257 e. The Morgan fingerprint density at radius 2 is 1.43 bits per heavy atom. The highest BCUT2D eigenvalue weighted by Crippen LogP contribution is 2.40. The number of rotatable bonds is 7. The lowest BCUT2D eigenvalue weighted by molar-refractivity contribution is 0.102. The first-order valence-corrected chi connectivity index (χ1v) is 9.00. The highest BCUT2D eigenvalue weighted by Gasteiger charge is 2.19. The van der Waals surface area contributed by atoms with Gasteiger partial charge in [0, 0.05) is 5.56 Å². The summed E-state index contributed by atoms with van der Waals surface area (Å²) in [6, 6.07) is 6.71. The lowest BCUT2D eigenvalue weighted by Crippen LogP contribution is -2.12. The van der Waals surface area contributed by atoms with Gasteiger partial charge in [0.05, 0.1) is 35.5 Å². The van der Waals surface area contributed by atoms with Crippen LogP contribution >= 0.6 is 11.3 Å². The van der Waals surface area contributed by atoms with Crippen LogP contribution in [0.3, 0.4) is 0 Å². The Bertz CT molecular complexity index is 951. The summed E-state index contributed by atoms with van der Waals surface area (Å²) in [6.07, 6.45) is 0. The third kappa shape index (κ3) is 3.48. The second-order valence-electron chi connectivity index (χ2n) is 5.53. The van der Waals surface area contributed by atoms with Crippen LogP contribution < -0.4 is 29.0 Å². The molecule has 148 valence electrons. The fraction of sp³-hybridized carbons (Fsp3) is 0.263. The molecule has 0 bridgehead atoms. The van der Waals surface area contributed by atoms with Crippen molar-refractivity contribution in [1.29, 1.82) is 0 Å². The van der Waals surface area contributed by atoms with Crippen LogP contribution in [-0.2, 0) is 0 Å². The summed E-state index contributed by atoms with van der Waals surface area (Å²) in [4.78, 5) is 17.2. The lowest BCUT2D eigenvalue weighted by atomic mass is 10.1. The molecular formula is C19H20N2O6S. The summed E-state index contributed by atoms with van der Waals surface area (Å²) < 4.78 is 27.4. The van der Waals surface area contributed by atoms with E-state index in [0.717, 1.165) is 4.70 Å². The van der Waals surface area contributed by atoms with Gasteiger partial charge in [-0.25, -0.2) is 4.98 Å². The number of thiazole rings is 1. The van der Waals surface area contributed by atoms with Crippen LogP contribution in [0, 0.1) is 0 Å². The van der Waals surface area contributed by atoms with Gasteiger partial charge in [0.25, 0.3) is 5.91 Å². The van der Waals surface area contributed by atoms with E-state index in [1.165, 1.54) is 32.7 Å². The quantitative estimate of drug-likeness (QED) is 0.644. The molecule has 2 aromatic carbocycles. The maximum absolute atomic E-state index is 12.8. The van der Waals surface area contributed by atoms with Crippen LogP contribution in [0.25, 0.3) is 10.2 Å². The summed E-state index contributed by atoms with van der Waals surface area (Å²) in [7, 11) is 7.63. The number of aromatic nitrogens is 1. The molecule has 1 heterocycles. The smallest absolute Gasteiger partial charge is 0.257 e. The second kappa shape index (κ2) is 8.22. The summed E-state index contributed by atoms with van der Waals surface area (Å²) in [5.74, 6) is 2.08. The first-order valence-electron chi connectivity index (χ1n) is 8.19. The molecule has 0 saturated carbocycles. The molecule has 9 heteroatoms. The predicted molar refractivity (Wildman–Crippen MR) is 107 cm³/mol. The van der Waals surface area contributed by atoms with Gasteiger partial charge in [-0.15, -0.1) is 0 Å². The molecule has 1 amide bonds. The van der Waals surface area contributed by atoms with E-state index < -0.39 is 0 Å². The highest BCUT2D eigenvalue weighted by atomic mass is 32.1. The van der Waals surface area contributed by atoms with Crippen LogP contribution in [0.15, 0.2) is 24.3 Å². The van der Waals surface area contributed by atoms with Crippen LogP contribution in [0.1, 0.15) is 10.4 Å². The van der Waals surface area contributed by atoms with Crippen molar-refractivity contribution >= 4 is 32.6 Å². The fourth-order valence-corrected chi connectivity index (χ4v) is 3.69. The predicted octanol–water partition coefficient (Wildman–Crippen LogP) is 3.59. The molecule has 0 unspecified atom stereocenters. The minimum Gasteiger partial charge on any atom is -0.495 e. The van der Waals surface area contributed by atoms with Crippen LogP contribution in [-0.4, -0.2) is 46.4 Å². The SMILES string of the molecule is COc1cc(C(=O)Nc2nc3c(OC)ccc(OC)c3s2)cc(OC)c1OC. The zero-order valence-electron chi connectivity index (χ0n) is 16.1. The van der Waals surface area contributed by atoms with Crippen LogP contribution in [0.2, 0.25) is 0 Å². The molecule has 0 fully saturated rings. The molecule has 0 radical (unpaired) electrons. The molecule has 0 spiro atoms. The van der Waals surface area contributed by atoms with Crippen LogP contribution in [0.5, 0.6) is 28.7 Å². The Kier molecular flexibility index (Phi) is 5.74. The molecule has 0 aliphatic rings. The molecule has 28 heavy (non-hydrogen) atoms. The van der Waals surface area contributed by atoms with Gasteiger partial charge in [-0.05, 0) is 24.3 Å². The van der Waals surface area contributed by atoms with E-state index in [9.17, 15) is 4.79 Å². The fourth-order valence-electron chi connectivity index (χ4n) is 2.72. The van der Waals surface area contributed by atoms with Crippen molar-refractivity contribution in [3.8, 4) is 28.7 Å². The molecule has 0 aliphatic heterocycles. The largest absolute Gasteiger partial charge is 0.495 e. The van der Waals surface area contributed by atoms with Crippen molar-refractivity contribution in [3.63, 3.8) is 0 Å². The number of nitrogens with zero attached hydrogens (tertiary/aromatic N) is 1. The minimum atomic E-state index is -0.365. The molecule has 0 atom stereocenters. The van der Waals surface area contributed by atoms with Gasteiger partial charge >= 0.3 is 0 Å². The van der Waals surface area contributed by atoms with Crippen molar-refractivity contribution in [1.82, 2.24) is 4.98 Å². The molecular weight excluding hydrogens is 384 g/mol. The van der Waals surface area contributed by atoms with Crippen molar-refractivity contribution < 1.29 is 28.5 Å². The number of anilines is 1. The third-order valence-corrected chi connectivity index (χ3v) is 5.04. The maximum atomic E-state index is 12.8. The average Bonchev–Trinajstić information content (AvgIpc) is 3.15. The molecule has 3 rings (SSSR count). The Morgan fingerprint density at radius 3 is 1.96 bits per heavy atom. The Hall–Kier alpha value is -3.20. The zero-order valence-corrected chi connectivity index (χ0v) is 16.9. The number of carbonyl (C=O) groups is 1. The van der Waals surface area contributed by atoms with Crippen molar-refractivity contribution in [3.05, 3.63) is 29.8 Å². The number of carbonyl (C=O) groups excluding carboxylic acids is 1. The van der Waals surface area contributed by atoms with Crippen molar-refractivity contribution in [2.75, 3.05) is 40.9 Å². The lowest BCUT2D eigenvalue weighted by Gasteiger charge is -2.13. The standard InChI is InChI=1S/C19H20N2O6S/c1-23-11-6-7-12(24-2)17-15(11)20-19(28-17)21-18(22)10-8-13(25-3)16(27-5)14(9-10)26-4/h6-9H,1-5H3,(H,20,21,22). The van der Waals surface area contributed by atoms with Gasteiger partial charge in [0.1, 0.15) is 21.7 Å². The van der Waals surface area contributed by atoms with E-state index >= 15 is 0 Å². The highest BCUT2D eigenvalue weighted by molar-refractivity contribution is 7.22. The zero-order chi connectivity index (χ0) is 20.3. The van der Waals surface area contributed by atoms with Crippen LogP contribution in [0.4, 0.5) is 5.13 Å². The summed E-state index contributed by atoms with van der Waals surface area (Å²) in [5.41, 5.74) is 0.958. The van der Waals surface area contributed by atoms with E-state index in [0.29, 0.717) is 45.0 Å². The van der Waals surface area contributed by atoms with E-state index in [-0.39, 0.29) is 5.91 Å². The number of nitrogens with one attached hydrogen (secondary N) is 1. The van der Waals surface area contributed by atoms with Gasteiger partial charge in [0.2, 0.25) is 5.75 Å². The summed E-state index contributed by atoms with van der Waals surface area (Å²) in [5, 5.41) is 3.21. The molecule has 1 N–H and O–H groups in total. The van der Waals surface area contributed by atoms with Gasteiger partial charge in [-0.3, -0.25) is 10.1 Å². The molecule has 0 saturated heterocycles. The van der Waals surface area contributed by atoms with Gasteiger partial charge in [-0.2, -0.15) is 0 Å². The number of benzene rings is 2. The number of hydrogen-bond acceptors (Lipinski definition) is 8. The van der Waals surface area contributed by atoms with Gasteiger partial charge < -0.3 is 23.7 Å². The van der Waals surface area contributed by atoms with E-state index in [1.807, 2.05) is 0 Å². The Labute approximate surface area is 165 Å². The number of ether oxygens (including phenoxy) is 5. The minimum absolute atomic E-state index is 0.340.